The molecule has 0 amide bonds. The predicted octanol–water partition coefficient (Wildman–Crippen LogP) is 0.360. The van der Waals surface area contributed by atoms with Crippen LogP contribution in [0, 0.1) is 24.2 Å². The Morgan fingerprint density at radius 1 is 1.50 bits per heavy atom. The van der Waals surface area contributed by atoms with Crippen molar-refractivity contribution in [2.45, 2.75) is 19.4 Å². The molecule has 1 heteroatoms. The second-order valence-electron chi connectivity index (χ2n) is 2.12. The summed E-state index contributed by atoms with van der Waals surface area (Å²) in [7, 11) is 0. The van der Waals surface area contributed by atoms with Crippen molar-refractivity contribution in [3.05, 3.63) is 0 Å². The van der Waals surface area contributed by atoms with E-state index in [-0.39, 0.29) is 0 Å². The van der Waals surface area contributed by atoms with Gasteiger partial charge in [0.05, 0.1) is 5.54 Å². The van der Waals surface area contributed by atoms with Crippen LogP contribution in [0.5, 0.6) is 0 Å². The fourth-order valence-electron chi connectivity index (χ4n) is 0.197. The zero-order valence-electron chi connectivity index (χ0n) is 5.15. The Morgan fingerprint density at radius 3 is 2.12 bits per heavy atom. The van der Waals surface area contributed by atoms with Crippen LogP contribution in [0.15, 0.2) is 0 Å². The molecular weight excluding hydrogens is 98.1 g/mol. The summed E-state index contributed by atoms with van der Waals surface area (Å²) in [5, 5.41) is 0. The molecule has 8 heavy (non-hydrogen) atoms. The summed E-state index contributed by atoms with van der Waals surface area (Å²) in [6.07, 6.45) is 4.86. The lowest BCUT2D eigenvalue weighted by Crippen LogP contribution is -2.29. The van der Waals surface area contributed by atoms with Gasteiger partial charge in [-0.05, 0) is 25.7 Å². The molecule has 0 saturated heterocycles. The van der Waals surface area contributed by atoms with Crippen molar-refractivity contribution in [1.29, 1.82) is 0 Å². The van der Waals surface area contributed by atoms with Crippen LogP contribution in [0.4, 0.5) is 0 Å². The molecule has 0 aliphatic rings. The molecule has 0 unspecified atom stereocenters. The van der Waals surface area contributed by atoms with Crippen LogP contribution < -0.4 is 5.73 Å². The summed E-state index contributed by atoms with van der Waals surface area (Å²) in [5.74, 6) is 7.29. The van der Waals surface area contributed by atoms with E-state index >= 15 is 0 Å². The molecule has 1 nitrogen and oxygen atoms in total. The minimum atomic E-state index is -0.452. The van der Waals surface area contributed by atoms with Crippen molar-refractivity contribution >= 4 is 0 Å². The number of hydrogen-bond donors (Lipinski definition) is 1. The lowest BCUT2D eigenvalue weighted by Gasteiger charge is -2.06. The molecular formula is C7H9N. The minimum absolute atomic E-state index is 0.452. The van der Waals surface area contributed by atoms with Gasteiger partial charge in [-0.25, -0.2) is 0 Å². The van der Waals surface area contributed by atoms with Gasteiger partial charge < -0.3 is 5.73 Å². The van der Waals surface area contributed by atoms with Gasteiger partial charge in [0.1, 0.15) is 0 Å². The van der Waals surface area contributed by atoms with E-state index in [0.29, 0.717) is 0 Å². The van der Waals surface area contributed by atoms with Crippen LogP contribution in [0.25, 0.3) is 0 Å². The molecule has 0 aromatic rings. The van der Waals surface area contributed by atoms with Crippen molar-refractivity contribution in [1.82, 2.24) is 0 Å². The van der Waals surface area contributed by atoms with E-state index in [2.05, 4.69) is 17.8 Å². The number of terminal acetylenes is 1. The Bertz CT molecular complexity index is 156. The molecule has 2 N–H and O–H groups in total. The second kappa shape index (κ2) is 2.40. The van der Waals surface area contributed by atoms with Crippen molar-refractivity contribution in [2.75, 3.05) is 0 Å². The third kappa shape index (κ3) is 5.08. The Hall–Kier alpha value is -0.920. The van der Waals surface area contributed by atoms with Crippen LogP contribution in [0.3, 0.4) is 0 Å². The molecule has 0 saturated carbocycles. The van der Waals surface area contributed by atoms with Crippen molar-refractivity contribution in [3.63, 3.8) is 0 Å². The SMILES string of the molecule is C#CC#CC(C)(C)N. The van der Waals surface area contributed by atoms with Gasteiger partial charge in [0.25, 0.3) is 0 Å². The van der Waals surface area contributed by atoms with Crippen LogP contribution >= 0.6 is 0 Å². The number of nitrogens with two attached hydrogens (primary N) is 1. The zero-order chi connectivity index (χ0) is 6.62. The zero-order valence-corrected chi connectivity index (χ0v) is 5.15. The van der Waals surface area contributed by atoms with Gasteiger partial charge >= 0.3 is 0 Å². The summed E-state index contributed by atoms with van der Waals surface area (Å²) >= 11 is 0. The first-order valence-electron chi connectivity index (χ1n) is 2.33. The molecule has 0 aliphatic carbocycles. The number of hydrogen-bond acceptors (Lipinski definition) is 1. The van der Waals surface area contributed by atoms with Gasteiger partial charge in [0, 0.05) is 0 Å². The maximum absolute atomic E-state index is 5.45. The monoisotopic (exact) mass is 107 g/mol. The molecule has 0 atom stereocenters. The molecule has 0 bridgehead atoms. The minimum Gasteiger partial charge on any atom is -0.316 e. The molecule has 0 radical (unpaired) electrons. The van der Waals surface area contributed by atoms with Crippen LogP contribution in [0.1, 0.15) is 13.8 Å². The average Bonchev–Trinajstić information content (AvgIpc) is 1.59. The topological polar surface area (TPSA) is 26.0 Å². The summed E-state index contributed by atoms with van der Waals surface area (Å²) in [6.45, 7) is 3.61. The molecule has 0 aromatic carbocycles. The lowest BCUT2D eigenvalue weighted by molar-refractivity contribution is 0.681. The predicted molar refractivity (Wildman–Crippen MR) is 34.9 cm³/mol. The molecule has 0 fully saturated rings. The van der Waals surface area contributed by atoms with Crippen LogP contribution in [0.2, 0.25) is 0 Å². The lowest BCUT2D eigenvalue weighted by atomic mass is 10.1. The first-order chi connectivity index (χ1) is 3.56. The van der Waals surface area contributed by atoms with E-state index in [1.54, 1.807) is 13.8 Å². The van der Waals surface area contributed by atoms with Gasteiger partial charge in [-0.15, -0.1) is 6.42 Å². The smallest absolute Gasteiger partial charge is 0.0729 e. The number of rotatable bonds is 0. The molecule has 0 rings (SSSR count). The van der Waals surface area contributed by atoms with Gasteiger partial charge in [-0.1, -0.05) is 5.92 Å². The van der Waals surface area contributed by atoms with Crippen LogP contribution in [-0.2, 0) is 0 Å². The van der Waals surface area contributed by atoms with Gasteiger partial charge in [0.15, 0.2) is 0 Å². The van der Waals surface area contributed by atoms with E-state index in [0.717, 1.165) is 0 Å². The molecule has 0 aromatic heterocycles. The first-order valence-corrected chi connectivity index (χ1v) is 2.33. The Balaban J connectivity index is 3.93. The highest BCUT2D eigenvalue weighted by atomic mass is 14.7. The van der Waals surface area contributed by atoms with Crippen molar-refractivity contribution in [3.8, 4) is 24.2 Å². The molecule has 0 heterocycles. The van der Waals surface area contributed by atoms with E-state index in [1.165, 1.54) is 0 Å². The summed E-state index contributed by atoms with van der Waals surface area (Å²) in [4.78, 5) is 0. The quantitative estimate of drug-likeness (QED) is 0.444. The highest BCUT2D eigenvalue weighted by molar-refractivity contribution is 5.26. The Labute approximate surface area is 50.3 Å². The summed E-state index contributed by atoms with van der Waals surface area (Å²) in [5.41, 5.74) is 5.00. The molecule has 0 spiro atoms. The third-order valence-corrected chi connectivity index (χ3v) is 0.457. The second-order valence-corrected chi connectivity index (χ2v) is 2.12. The molecule has 0 aliphatic heterocycles. The fraction of sp³-hybridized carbons (Fsp3) is 0.429. The van der Waals surface area contributed by atoms with E-state index < -0.39 is 5.54 Å². The van der Waals surface area contributed by atoms with Crippen molar-refractivity contribution in [2.24, 2.45) is 5.73 Å². The van der Waals surface area contributed by atoms with Gasteiger partial charge in [0.2, 0.25) is 0 Å². The van der Waals surface area contributed by atoms with Crippen LogP contribution in [-0.4, -0.2) is 5.54 Å². The third-order valence-electron chi connectivity index (χ3n) is 0.457. The van der Waals surface area contributed by atoms with Gasteiger partial charge in [-0.2, -0.15) is 0 Å². The average molecular weight is 107 g/mol. The fourth-order valence-corrected chi connectivity index (χ4v) is 0.197. The molecule has 42 valence electrons. The standard InChI is InChI=1S/C7H9N/c1-4-5-6-7(2,3)8/h1H,8H2,2-3H3. The maximum Gasteiger partial charge on any atom is 0.0729 e. The highest BCUT2D eigenvalue weighted by Gasteiger charge is 2.02. The largest absolute Gasteiger partial charge is 0.316 e. The van der Waals surface area contributed by atoms with E-state index in [9.17, 15) is 0 Å². The summed E-state index contributed by atoms with van der Waals surface area (Å²) in [6, 6.07) is 0. The summed E-state index contributed by atoms with van der Waals surface area (Å²) < 4.78 is 0. The first kappa shape index (κ1) is 7.08. The van der Waals surface area contributed by atoms with Crippen molar-refractivity contribution < 1.29 is 0 Å². The van der Waals surface area contributed by atoms with Gasteiger partial charge in [-0.3, -0.25) is 0 Å². The Kier molecular flexibility index (Phi) is 2.13. The normalized spacial score (nSPS) is 8.75. The maximum atomic E-state index is 5.45. The Morgan fingerprint density at radius 2 is 2.00 bits per heavy atom. The highest BCUT2D eigenvalue weighted by Crippen LogP contribution is 1.90. The van der Waals surface area contributed by atoms with E-state index in [1.807, 2.05) is 0 Å². The van der Waals surface area contributed by atoms with E-state index in [4.69, 9.17) is 12.2 Å².